The first-order valence-electron chi connectivity index (χ1n) is 8.25. The second-order valence-electron chi connectivity index (χ2n) is 6.23. The number of hydrogen-bond donors (Lipinski definition) is 2. The van der Waals surface area contributed by atoms with Crippen LogP contribution in [0.4, 0.5) is 0 Å². The number of ether oxygens (including phenoxy) is 1. The van der Waals surface area contributed by atoms with Crippen LogP contribution in [0, 0.1) is 5.92 Å². The number of nitrogens with zero attached hydrogens (tertiary/aromatic N) is 2. The van der Waals surface area contributed by atoms with Crippen molar-refractivity contribution in [2.45, 2.75) is 33.6 Å². The van der Waals surface area contributed by atoms with Crippen molar-refractivity contribution in [3.8, 4) is 5.75 Å². The third kappa shape index (κ3) is 3.32. The number of rotatable bonds is 6. The van der Waals surface area contributed by atoms with E-state index in [-0.39, 0.29) is 5.56 Å². The molecule has 0 aliphatic rings. The number of nitrogens with one attached hydrogen (secondary N) is 2. The van der Waals surface area contributed by atoms with E-state index < -0.39 is 0 Å². The highest BCUT2D eigenvalue weighted by atomic mass is 16.5. The third-order valence-electron chi connectivity index (χ3n) is 3.78. The average Bonchev–Trinajstić information content (AvgIpc) is 2.92. The molecule has 0 aliphatic carbocycles. The molecule has 3 rings (SSSR count). The van der Waals surface area contributed by atoms with Crippen molar-refractivity contribution in [2.24, 2.45) is 5.92 Å². The van der Waals surface area contributed by atoms with Crippen LogP contribution in [0.3, 0.4) is 0 Å². The Hall–Kier alpha value is -2.63. The topological polar surface area (TPSA) is 83.7 Å². The molecule has 2 aromatic heterocycles. The molecule has 3 aromatic rings. The minimum absolute atomic E-state index is 0.213. The van der Waals surface area contributed by atoms with Gasteiger partial charge in [0.15, 0.2) is 5.52 Å². The third-order valence-corrected chi connectivity index (χ3v) is 3.78. The van der Waals surface area contributed by atoms with Gasteiger partial charge in [-0.05, 0) is 25.3 Å². The summed E-state index contributed by atoms with van der Waals surface area (Å²) in [7, 11) is 0. The molecule has 24 heavy (non-hydrogen) atoms. The summed E-state index contributed by atoms with van der Waals surface area (Å²) in [4.78, 5) is 19.8. The van der Waals surface area contributed by atoms with Crippen LogP contribution in [-0.4, -0.2) is 26.8 Å². The number of hydrogen-bond acceptors (Lipinski definition) is 4. The molecule has 6 heteroatoms. The summed E-state index contributed by atoms with van der Waals surface area (Å²) in [5, 5.41) is 7.06. The maximum Gasteiger partial charge on any atom is 0.279 e. The van der Waals surface area contributed by atoms with Gasteiger partial charge >= 0.3 is 0 Å². The number of benzene rings is 1. The van der Waals surface area contributed by atoms with E-state index in [4.69, 9.17) is 4.74 Å². The van der Waals surface area contributed by atoms with E-state index in [0.717, 1.165) is 23.4 Å². The fourth-order valence-electron chi connectivity index (χ4n) is 2.76. The maximum atomic E-state index is 12.3. The van der Waals surface area contributed by atoms with Gasteiger partial charge in [0.2, 0.25) is 0 Å². The van der Waals surface area contributed by atoms with Crippen molar-refractivity contribution in [1.29, 1.82) is 0 Å². The molecule has 2 heterocycles. The number of H-pyrrole nitrogens is 2. The van der Waals surface area contributed by atoms with Crippen LogP contribution in [0.25, 0.3) is 11.0 Å². The molecule has 0 atom stereocenters. The molecular formula is C18H22N4O2. The van der Waals surface area contributed by atoms with Crippen LogP contribution in [0.5, 0.6) is 5.75 Å². The lowest BCUT2D eigenvalue weighted by molar-refractivity contribution is 0.337. The van der Waals surface area contributed by atoms with Gasteiger partial charge in [0, 0.05) is 12.0 Å². The smallest absolute Gasteiger partial charge is 0.279 e. The van der Waals surface area contributed by atoms with E-state index >= 15 is 0 Å². The second-order valence-corrected chi connectivity index (χ2v) is 6.23. The van der Waals surface area contributed by atoms with Gasteiger partial charge in [0.05, 0.1) is 12.3 Å². The van der Waals surface area contributed by atoms with E-state index in [1.165, 1.54) is 0 Å². The molecule has 0 spiro atoms. The first-order valence-corrected chi connectivity index (χ1v) is 8.25. The van der Waals surface area contributed by atoms with E-state index in [9.17, 15) is 4.79 Å². The largest absolute Gasteiger partial charge is 0.494 e. The van der Waals surface area contributed by atoms with Crippen LogP contribution >= 0.6 is 0 Å². The standard InChI is InChI=1S/C18H22N4O2/c1-4-24-14-8-6-5-7-12(14)10-15-19-16-13(9-11(2)3)21-22-17(16)18(23)20-15/h5-8,11H,4,9-10H2,1-3H3,(H,21,22)(H,19,20,23). The summed E-state index contributed by atoms with van der Waals surface area (Å²) in [6, 6.07) is 7.80. The van der Waals surface area contributed by atoms with Gasteiger partial charge in [0.1, 0.15) is 17.1 Å². The van der Waals surface area contributed by atoms with Crippen LogP contribution < -0.4 is 10.3 Å². The zero-order valence-corrected chi connectivity index (χ0v) is 14.2. The van der Waals surface area contributed by atoms with E-state index in [1.54, 1.807) is 0 Å². The first kappa shape index (κ1) is 16.2. The van der Waals surface area contributed by atoms with Crippen LogP contribution in [-0.2, 0) is 12.8 Å². The van der Waals surface area contributed by atoms with Gasteiger partial charge < -0.3 is 9.72 Å². The first-order chi connectivity index (χ1) is 11.6. The van der Waals surface area contributed by atoms with Gasteiger partial charge in [0.25, 0.3) is 5.56 Å². The second kappa shape index (κ2) is 6.86. The van der Waals surface area contributed by atoms with Gasteiger partial charge in [-0.15, -0.1) is 0 Å². The molecule has 0 fully saturated rings. The summed E-state index contributed by atoms with van der Waals surface area (Å²) in [5.74, 6) is 1.89. The summed E-state index contributed by atoms with van der Waals surface area (Å²) in [6.07, 6.45) is 1.32. The van der Waals surface area contributed by atoms with Crippen molar-refractivity contribution in [1.82, 2.24) is 20.2 Å². The molecule has 0 unspecified atom stereocenters. The molecule has 1 aromatic carbocycles. The number of aromatic nitrogens is 4. The van der Waals surface area contributed by atoms with E-state index in [1.807, 2.05) is 31.2 Å². The zero-order chi connectivity index (χ0) is 17.1. The lowest BCUT2D eigenvalue weighted by Crippen LogP contribution is -2.13. The Morgan fingerprint density at radius 2 is 2.00 bits per heavy atom. The van der Waals surface area contributed by atoms with Crippen molar-refractivity contribution in [3.05, 3.63) is 51.7 Å². The number of aromatic amines is 2. The molecule has 0 aliphatic heterocycles. The Balaban J connectivity index is 2.00. The Morgan fingerprint density at radius 1 is 1.21 bits per heavy atom. The fourth-order valence-corrected chi connectivity index (χ4v) is 2.76. The minimum atomic E-state index is -0.213. The minimum Gasteiger partial charge on any atom is -0.494 e. The van der Waals surface area contributed by atoms with Crippen molar-refractivity contribution in [2.75, 3.05) is 6.61 Å². The van der Waals surface area contributed by atoms with Crippen molar-refractivity contribution < 1.29 is 4.74 Å². The molecule has 0 amide bonds. The summed E-state index contributed by atoms with van der Waals surface area (Å²) >= 11 is 0. The molecule has 0 bridgehead atoms. The van der Waals surface area contributed by atoms with Gasteiger partial charge in [-0.25, -0.2) is 4.98 Å². The maximum absolute atomic E-state index is 12.3. The van der Waals surface area contributed by atoms with Crippen molar-refractivity contribution >= 4 is 11.0 Å². The average molecular weight is 326 g/mol. The Morgan fingerprint density at radius 3 is 2.75 bits per heavy atom. The highest BCUT2D eigenvalue weighted by Crippen LogP contribution is 2.21. The Kier molecular flexibility index (Phi) is 4.64. The molecular weight excluding hydrogens is 304 g/mol. The normalized spacial score (nSPS) is 11.3. The molecule has 2 N–H and O–H groups in total. The molecule has 6 nitrogen and oxygen atoms in total. The van der Waals surface area contributed by atoms with E-state index in [0.29, 0.717) is 35.8 Å². The molecule has 0 radical (unpaired) electrons. The zero-order valence-electron chi connectivity index (χ0n) is 14.2. The highest BCUT2D eigenvalue weighted by Gasteiger charge is 2.14. The Labute approximate surface area is 140 Å². The molecule has 0 saturated carbocycles. The van der Waals surface area contributed by atoms with Gasteiger partial charge in [-0.1, -0.05) is 32.0 Å². The lowest BCUT2D eigenvalue weighted by atomic mass is 10.1. The van der Waals surface area contributed by atoms with Gasteiger partial charge in [-0.3, -0.25) is 9.89 Å². The number of fused-ring (bicyclic) bond motifs is 1. The highest BCUT2D eigenvalue weighted by molar-refractivity contribution is 5.75. The predicted octanol–water partition coefficient (Wildman–Crippen LogP) is 2.83. The Bertz CT molecular complexity index is 895. The predicted molar refractivity (Wildman–Crippen MR) is 93.5 cm³/mol. The monoisotopic (exact) mass is 326 g/mol. The quantitative estimate of drug-likeness (QED) is 0.729. The summed E-state index contributed by atoms with van der Waals surface area (Å²) < 4.78 is 5.65. The summed E-state index contributed by atoms with van der Waals surface area (Å²) in [6.45, 7) is 6.80. The van der Waals surface area contributed by atoms with Crippen LogP contribution in [0.2, 0.25) is 0 Å². The lowest BCUT2D eigenvalue weighted by Gasteiger charge is -2.09. The van der Waals surface area contributed by atoms with Crippen LogP contribution in [0.15, 0.2) is 29.1 Å². The summed E-state index contributed by atoms with van der Waals surface area (Å²) in [5.41, 5.74) is 2.72. The van der Waals surface area contributed by atoms with Crippen molar-refractivity contribution in [3.63, 3.8) is 0 Å². The molecule has 0 saturated heterocycles. The van der Waals surface area contributed by atoms with Crippen LogP contribution in [0.1, 0.15) is 37.9 Å². The van der Waals surface area contributed by atoms with Gasteiger partial charge in [-0.2, -0.15) is 5.10 Å². The fraction of sp³-hybridized carbons (Fsp3) is 0.389. The van der Waals surface area contributed by atoms with E-state index in [2.05, 4.69) is 34.0 Å². The number of para-hydroxylation sites is 1. The molecule has 126 valence electrons. The SMILES string of the molecule is CCOc1ccccc1Cc1nc2c(CC(C)C)[nH]nc2c(=O)[nH]1.